The molecule has 1 heterocycles. The maximum absolute atomic E-state index is 12.2. The number of hydrogen-bond donors (Lipinski definition) is 1. The van der Waals surface area contributed by atoms with E-state index in [9.17, 15) is 4.79 Å². The van der Waals surface area contributed by atoms with E-state index in [4.69, 9.17) is 23.2 Å². The third-order valence-electron chi connectivity index (χ3n) is 3.13. The lowest BCUT2D eigenvalue weighted by Crippen LogP contribution is -2.47. The van der Waals surface area contributed by atoms with Crippen LogP contribution in [0.4, 0.5) is 0 Å². The van der Waals surface area contributed by atoms with Gasteiger partial charge >= 0.3 is 0 Å². The molecule has 0 radical (unpaired) electrons. The standard InChI is InChI=1S/C12H13Cl2NO/c1-7(8-5-15-6-8)12(16)10-4-9(13)2-3-11(10)14/h2-4,7-8,15H,5-6H2,1H3. The second kappa shape index (κ2) is 4.74. The zero-order chi connectivity index (χ0) is 11.7. The van der Waals surface area contributed by atoms with Crippen molar-refractivity contribution in [3.63, 3.8) is 0 Å². The normalized spacial score (nSPS) is 17.9. The van der Waals surface area contributed by atoms with Gasteiger partial charge in [0.25, 0.3) is 0 Å². The van der Waals surface area contributed by atoms with Crippen molar-refractivity contribution < 1.29 is 4.79 Å². The molecule has 0 bridgehead atoms. The van der Waals surface area contributed by atoms with Gasteiger partial charge in [-0.1, -0.05) is 30.1 Å². The molecular weight excluding hydrogens is 245 g/mol. The molecule has 0 saturated carbocycles. The summed E-state index contributed by atoms with van der Waals surface area (Å²) in [5.74, 6) is 0.499. The van der Waals surface area contributed by atoms with E-state index in [0.29, 0.717) is 21.5 Å². The van der Waals surface area contributed by atoms with Gasteiger partial charge in [0.15, 0.2) is 5.78 Å². The summed E-state index contributed by atoms with van der Waals surface area (Å²) in [4.78, 5) is 12.2. The molecule has 2 rings (SSSR count). The number of carbonyl (C=O) groups is 1. The molecule has 1 aromatic rings. The summed E-state index contributed by atoms with van der Waals surface area (Å²) in [6.45, 7) is 3.77. The van der Waals surface area contributed by atoms with Gasteiger partial charge in [0.2, 0.25) is 0 Å². The van der Waals surface area contributed by atoms with Gasteiger partial charge in [-0.15, -0.1) is 0 Å². The van der Waals surface area contributed by atoms with Crippen LogP contribution in [0.5, 0.6) is 0 Å². The van der Waals surface area contributed by atoms with E-state index in [1.165, 1.54) is 0 Å². The Labute approximate surface area is 105 Å². The smallest absolute Gasteiger partial charge is 0.167 e. The molecule has 0 aliphatic carbocycles. The lowest BCUT2D eigenvalue weighted by molar-refractivity contribution is 0.0854. The minimum absolute atomic E-state index is 0.00258. The minimum Gasteiger partial charge on any atom is -0.316 e. The number of ketones is 1. The molecule has 0 amide bonds. The molecule has 0 aromatic heterocycles. The molecule has 1 N–H and O–H groups in total. The molecule has 1 aliphatic rings. The summed E-state index contributed by atoms with van der Waals surface area (Å²) in [5.41, 5.74) is 0.536. The highest BCUT2D eigenvalue weighted by Gasteiger charge is 2.30. The zero-order valence-corrected chi connectivity index (χ0v) is 10.5. The number of carbonyl (C=O) groups excluding carboxylic acids is 1. The maximum Gasteiger partial charge on any atom is 0.167 e. The maximum atomic E-state index is 12.2. The predicted molar refractivity (Wildman–Crippen MR) is 66.3 cm³/mol. The molecule has 1 unspecified atom stereocenters. The first-order valence-electron chi connectivity index (χ1n) is 5.29. The Balaban J connectivity index is 2.22. The van der Waals surface area contributed by atoms with Crippen LogP contribution in [0, 0.1) is 11.8 Å². The molecule has 1 fully saturated rings. The summed E-state index contributed by atoms with van der Waals surface area (Å²) in [6, 6.07) is 5.01. The summed E-state index contributed by atoms with van der Waals surface area (Å²) >= 11 is 11.9. The van der Waals surface area contributed by atoms with E-state index < -0.39 is 0 Å². The van der Waals surface area contributed by atoms with Crippen molar-refractivity contribution in [2.45, 2.75) is 6.92 Å². The quantitative estimate of drug-likeness (QED) is 0.844. The molecule has 0 spiro atoms. The van der Waals surface area contributed by atoms with Crippen LogP contribution in [0.15, 0.2) is 18.2 Å². The minimum atomic E-state index is -0.00258. The van der Waals surface area contributed by atoms with Crippen LogP contribution in [0.3, 0.4) is 0 Å². The molecule has 86 valence electrons. The van der Waals surface area contributed by atoms with Crippen LogP contribution in [-0.2, 0) is 0 Å². The van der Waals surface area contributed by atoms with E-state index in [1.54, 1.807) is 18.2 Å². The van der Waals surface area contributed by atoms with Gasteiger partial charge in [-0.25, -0.2) is 0 Å². The average molecular weight is 258 g/mol. The van der Waals surface area contributed by atoms with Gasteiger partial charge in [0.05, 0.1) is 5.02 Å². The second-order valence-electron chi connectivity index (χ2n) is 4.20. The van der Waals surface area contributed by atoms with E-state index in [-0.39, 0.29) is 11.7 Å². The Morgan fingerprint density at radius 3 is 2.69 bits per heavy atom. The predicted octanol–water partition coefficient (Wildman–Crippen LogP) is 3.03. The van der Waals surface area contributed by atoms with Crippen molar-refractivity contribution in [1.29, 1.82) is 0 Å². The first-order valence-corrected chi connectivity index (χ1v) is 6.05. The number of rotatable bonds is 3. The third-order valence-corrected chi connectivity index (χ3v) is 3.69. The monoisotopic (exact) mass is 257 g/mol. The van der Waals surface area contributed by atoms with Crippen molar-refractivity contribution in [1.82, 2.24) is 5.32 Å². The lowest BCUT2D eigenvalue weighted by atomic mass is 9.83. The van der Waals surface area contributed by atoms with Crippen LogP contribution in [0.1, 0.15) is 17.3 Å². The molecule has 1 aromatic carbocycles. The van der Waals surface area contributed by atoms with Crippen LogP contribution < -0.4 is 5.32 Å². The van der Waals surface area contributed by atoms with Crippen molar-refractivity contribution in [3.05, 3.63) is 33.8 Å². The Bertz CT molecular complexity index is 415. The number of hydrogen-bond acceptors (Lipinski definition) is 2. The largest absolute Gasteiger partial charge is 0.316 e. The Hall–Kier alpha value is -0.570. The SMILES string of the molecule is CC(C(=O)c1cc(Cl)ccc1Cl)C1CNC1. The third kappa shape index (κ3) is 2.24. The van der Waals surface area contributed by atoms with E-state index >= 15 is 0 Å². The number of nitrogens with one attached hydrogen (secondary N) is 1. The molecule has 4 heteroatoms. The number of Topliss-reactive ketones (excluding diaryl/α,β-unsaturated/α-hetero) is 1. The van der Waals surface area contributed by atoms with E-state index in [2.05, 4.69) is 5.32 Å². The van der Waals surface area contributed by atoms with Crippen LogP contribution in [0.25, 0.3) is 0 Å². The van der Waals surface area contributed by atoms with Gasteiger partial charge < -0.3 is 5.32 Å². The fourth-order valence-corrected chi connectivity index (χ4v) is 2.19. The fourth-order valence-electron chi connectivity index (χ4n) is 1.81. The fraction of sp³-hybridized carbons (Fsp3) is 0.417. The molecule has 1 aliphatic heterocycles. The first-order chi connectivity index (χ1) is 7.59. The van der Waals surface area contributed by atoms with Crippen molar-refractivity contribution >= 4 is 29.0 Å². The van der Waals surface area contributed by atoms with Crippen LogP contribution in [-0.4, -0.2) is 18.9 Å². The van der Waals surface area contributed by atoms with Gasteiger partial charge in [0.1, 0.15) is 0 Å². The summed E-state index contributed by atoms with van der Waals surface area (Å²) in [7, 11) is 0. The molecular formula is C12H13Cl2NO. The second-order valence-corrected chi connectivity index (χ2v) is 5.04. The van der Waals surface area contributed by atoms with Crippen LogP contribution in [0.2, 0.25) is 10.0 Å². The molecule has 1 saturated heterocycles. The molecule has 2 nitrogen and oxygen atoms in total. The van der Waals surface area contributed by atoms with E-state index in [1.807, 2.05) is 6.92 Å². The van der Waals surface area contributed by atoms with Crippen molar-refractivity contribution in [3.8, 4) is 0 Å². The number of benzene rings is 1. The highest BCUT2D eigenvalue weighted by molar-refractivity contribution is 6.36. The van der Waals surface area contributed by atoms with E-state index in [0.717, 1.165) is 13.1 Å². The summed E-state index contributed by atoms with van der Waals surface area (Å²) in [5, 5.41) is 4.19. The highest BCUT2D eigenvalue weighted by atomic mass is 35.5. The van der Waals surface area contributed by atoms with Crippen molar-refractivity contribution in [2.75, 3.05) is 13.1 Å². The Morgan fingerprint density at radius 2 is 2.12 bits per heavy atom. The Kier molecular flexibility index (Phi) is 3.53. The molecule has 1 atom stereocenters. The zero-order valence-electron chi connectivity index (χ0n) is 8.97. The highest BCUT2D eigenvalue weighted by Crippen LogP contribution is 2.27. The molecule has 16 heavy (non-hydrogen) atoms. The number of halogens is 2. The van der Waals surface area contributed by atoms with Gasteiger partial charge in [-0.3, -0.25) is 4.79 Å². The summed E-state index contributed by atoms with van der Waals surface area (Å²) in [6.07, 6.45) is 0. The van der Waals surface area contributed by atoms with Gasteiger partial charge in [-0.05, 0) is 37.2 Å². The Morgan fingerprint density at radius 1 is 1.44 bits per heavy atom. The summed E-state index contributed by atoms with van der Waals surface area (Å²) < 4.78 is 0. The average Bonchev–Trinajstić information content (AvgIpc) is 2.18. The van der Waals surface area contributed by atoms with Gasteiger partial charge in [-0.2, -0.15) is 0 Å². The van der Waals surface area contributed by atoms with Gasteiger partial charge in [0, 0.05) is 16.5 Å². The first kappa shape index (κ1) is 11.9. The topological polar surface area (TPSA) is 29.1 Å². The van der Waals surface area contributed by atoms with Crippen LogP contribution >= 0.6 is 23.2 Å². The van der Waals surface area contributed by atoms with Crippen molar-refractivity contribution in [2.24, 2.45) is 11.8 Å². The lowest BCUT2D eigenvalue weighted by Gasteiger charge is -2.31.